The van der Waals surface area contributed by atoms with Crippen LogP contribution in [-0.4, -0.2) is 53.2 Å². The summed E-state index contributed by atoms with van der Waals surface area (Å²) in [6, 6.07) is 12.8. The molecule has 2 N–H and O–H groups in total. The number of carbonyl (C=O) groups excluding carboxylic acids is 2. The molecule has 1 atom stereocenters. The molecule has 3 rings (SSSR count). The smallest absolute Gasteiger partial charge is 0.295 e. The van der Waals surface area contributed by atoms with E-state index in [4.69, 9.17) is 21.4 Å². The van der Waals surface area contributed by atoms with Crippen molar-refractivity contribution in [2.45, 2.75) is 6.04 Å². The number of halogens is 2. The first-order valence-corrected chi connectivity index (χ1v) is 10.1. The molecule has 1 amide bonds. The Morgan fingerprint density at radius 2 is 1.79 bits per heavy atom. The Hall–Kier alpha value is -2.19. The summed E-state index contributed by atoms with van der Waals surface area (Å²) in [6.07, 6.45) is 0. The van der Waals surface area contributed by atoms with Crippen LogP contribution < -0.4 is 0 Å². The normalized spacial score (nSPS) is 18.4. The molecule has 1 heterocycles. The molecule has 1 aliphatic rings. The van der Waals surface area contributed by atoms with Gasteiger partial charge in [-0.3, -0.25) is 9.59 Å². The summed E-state index contributed by atoms with van der Waals surface area (Å²) >= 11 is 9.69. The number of hydrogen-bond donors (Lipinski definition) is 2. The number of amides is 1. The molecule has 1 unspecified atom stereocenters. The first-order valence-electron chi connectivity index (χ1n) is 8.93. The van der Waals surface area contributed by atoms with Gasteiger partial charge < -0.3 is 19.8 Å². The lowest BCUT2D eigenvalue weighted by atomic mass is 9.95. The van der Waals surface area contributed by atoms with Gasteiger partial charge in [0.1, 0.15) is 5.76 Å². The molecule has 0 saturated carbocycles. The fourth-order valence-corrected chi connectivity index (χ4v) is 3.73. The van der Waals surface area contributed by atoms with E-state index in [1.165, 1.54) is 4.90 Å². The van der Waals surface area contributed by atoms with Crippen LogP contribution in [0.5, 0.6) is 0 Å². The second-order valence-electron chi connectivity index (χ2n) is 6.36. The highest BCUT2D eigenvalue weighted by molar-refractivity contribution is 9.10. The van der Waals surface area contributed by atoms with E-state index in [0.717, 1.165) is 4.47 Å². The van der Waals surface area contributed by atoms with E-state index < -0.39 is 17.7 Å². The fraction of sp³-hybridized carbons (Fsp3) is 0.238. The van der Waals surface area contributed by atoms with Crippen molar-refractivity contribution in [3.8, 4) is 0 Å². The summed E-state index contributed by atoms with van der Waals surface area (Å²) in [5.41, 5.74) is 0.932. The minimum absolute atomic E-state index is 0.0208. The molecule has 29 heavy (non-hydrogen) atoms. The molecule has 2 aromatic carbocycles. The van der Waals surface area contributed by atoms with Gasteiger partial charge in [0.15, 0.2) is 0 Å². The van der Waals surface area contributed by atoms with Crippen LogP contribution in [0.2, 0.25) is 5.02 Å². The summed E-state index contributed by atoms with van der Waals surface area (Å²) in [4.78, 5) is 26.9. The molecule has 0 aromatic heterocycles. The van der Waals surface area contributed by atoms with E-state index in [9.17, 15) is 14.7 Å². The van der Waals surface area contributed by atoms with Crippen molar-refractivity contribution in [2.24, 2.45) is 0 Å². The lowest BCUT2D eigenvalue weighted by Crippen LogP contribution is -2.33. The first kappa shape index (κ1) is 21.5. The number of rotatable bonds is 7. The lowest BCUT2D eigenvalue weighted by molar-refractivity contribution is -0.140. The second kappa shape index (κ2) is 9.54. The van der Waals surface area contributed by atoms with E-state index >= 15 is 0 Å². The standard InChI is InChI=1S/C21H19BrClNO5/c22-14-7-5-13(6-8-14)19(26)17-18(15-3-1-2-4-16(15)23)24(21(28)20(17)27)9-11-29-12-10-25/h1-8,18,25-26H,9-12H2/b19-17-. The maximum absolute atomic E-state index is 12.8. The third-order valence-corrected chi connectivity index (χ3v) is 5.44. The monoisotopic (exact) mass is 479 g/mol. The number of ether oxygens (including phenoxy) is 1. The van der Waals surface area contributed by atoms with Crippen molar-refractivity contribution in [2.75, 3.05) is 26.4 Å². The molecule has 0 aliphatic carbocycles. The summed E-state index contributed by atoms with van der Waals surface area (Å²) in [5.74, 6) is -1.78. The predicted octanol–water partition coefficient (Wildman–Crippen LogP) is 3.53. The maximum Gasteiger partial charge on any atom is 0.295 e. The minimum Gasteiger partial charge on any atom is -0.507 e. The van der Waals surface area contributed by atoms with E-state index in [2.05, 4.69) is 15.9 Å². The van der Waals surface area contributed by atoms with Crippen molar-refractivity contribution in [1.29, 1.82) is 0 Å². The molecule has 0 bridgehead atoms. The molecular weight excluding hydrogens is 462 g/mol. The highest BCUT2D eigenvalue weighted by Gasteiger charge is 2.46. The molecule has 6 nitrogen and oxygen atoms in total. The van der Waals surface area contributed by atoms with E-state index in [1.807, 2.05) is 0 Å². The molecule has 1 saturated heterocycles. The summed E-state index contributed by atoms with van der Waals surface area (Å²) in [6.45, 7) is 0.223. The number of nitrogens with zero attached hydrogens (tertiary/aromatic N) is 1. The minimum atomic E-state index is -0.843. The molecule has 1 fully saturated rings. The van der Waals surface area contributed by atoms with Crippen LogP contribution >= 0.6 is 27.5 Å². The highest BCUT2D eigenvalue weighted by atomic mass is 79.9. The summed E-state index contributed by atoms with van der Waals surface area (Å²) in [7, 11) is 0. The molecule has 0 spiro atoms. The Labute approximate surface area is 181 Å². The highest BCUT2D eigenvalue weighted by Crippen LogP contribution is 2.41. The number of hydrogen-bond acceptors (Lipinski definition) is 5. The van der Waals surface area contributed by atoms with Crippen molar-refractivity contribution in [3.63, 3.8) is 0 Å². The molecular formula is C21H19BrClNO5. The number of aliphatic hydroxyl groups is 2. The van der Waals surface area contributed by atoms with Gasteiger partial charge in [0.25, 0.3) is 11.7 Å². The molecule has 2 aromatic rings. The van der Waals surface area contributed by atoms with Gasteiger partial charge in [0.2, 0.25) is 0 Å². The van der Waals surface area contributed by atoms with Gasteiger partial charge in [-0.15, -0.1) is 0 Å². The Bertz CT molecular complexity index is 944. The van der Waals surface area contributed by atoms with Gasteiger partial charge in [-0.1, -0.05) is 57.9 Å². The number of carbonyl (C=O) groups is 2. The van der Waals surface area contributed by atoms with Gasteiger partial charge in [-0.2, -0.15) is 0 Å². The van der Waals surface area contributed by atoms with Crippen LogP contribution in [0.3, 0.4) is 0 Å². The van der Waals surface area contributed by atoms with Crippen LogP contribution in [-0.2, 0) is 14.3 Å². The SMILES string of the molecule is O=C1C(=O)N(CCOCCO)C(c2ccccc2Cl)/C1=C(/O)c1ccc(Br)cc1. The average Bonchev–Trinajstić information content (AvgIpc) is 2.96. The predicted molar refractivity (Wildman–Crippen MR) is 113 cm³/mol. The fourth-order valence-electron chi connectivity index (χ4n) is 3.22. The maximum atomic E-state index is 12.8. The molecule has 152 valence electrons. The Morgan fingerprint density at radius 3 is 2.45 bits per heavy atom. The third-order valence-electron chi connectivity index (χ3n) is 4.57. The Kier molecular flexibility index (Phi) is 7.08. The van der Waals surface area contributed by atoms with Crippen molar-refractivity contribution < 1.29 is 24.5 Å². The average molecular weight is 481 g/mol. The van der Waals surface area contributed by atoms with E-state index in [0.29, 0.717) is 16.1 Å². The lowest BCUT2D eigenvalue weighted by Gasteiger charge is -2.26. The van der Waals surface area contributed by atoms with Gasteiger partial charge in [-0.25, -0.2) is 0 Å². The van der Waals surface area contributed by atoms with Crippen LogP contribution in [0.1, 0.15) is 17.2 Å². The first-order chi connectivity index (χ1) is 14.0. The van der Waals surface area contributed by atoms with Crippen molar-refractivity contribution >= 4 is 45.0 Å². The van der Waals surface area contributed by atoms with E-state index in [-0.39, 0.29) is 37.7 Å². The van der Waals surface area contributed by atoms with Crippen molar-refractivity contribution in [3.05, 3.63) is 74.7 Å². The summed E-state index contributed by atoms with van der Waals surface area (Å²) in [5, 5.41) is 20.1. The summed E-state index contributed by atoms with van der Waals surface area (Å²) < 4.78 is 6.08. The number of ketones is 1. The topological polar surface area (TPSA) is 87.1 Å². The van der Waals surface area contributed by atoms with Gasteiger partial charge in [0, 0.05) is 21.6 Å². The van der Waals surface area contributed by atoms with Gasteiger partial charge >= 0.3 is 0 Å². The Morgan fingerprint density at radius 1 is 1.10 bits per heavy atom. The molecule has 8 heteroatoms. The number of Topliss-reactive ketones (excluding diaryl/α,β-unsaturated/α-hetero) is 1. The van der Waals surface area contributed by atoms with Crippen LogP contribution in [0.4, 0.5) is 0 Å². The van der Waals surface area contributed by atoms with Crippen LogP contribution in [0.25, 0.3) is 5.76 Å². The zero-order valence-corrected chi connectivity index (χ0v) is 17.7. The number of aliphatic hydroxyl groups excluding tert-OH is 2. The Balaban J connectivity index is 2.08. The largest absolute Gasteiger partial charge is 0.507 e. The van der Waals surface area contributed by atoms with Crippen molar-refractivity contribution in [1.82, 2.24) is 4.90 Å². The molecule has 1 aliphatic heterocycles. The third kappa shape index (κ3) is 4.53. The number of benzene rings is 2. The van der Waals surface area contributed by atoms with E-state index in [1.54, 1.807) is 48.5 Å². The van der Waals surface area contributed by atoms with Gasteiger partial charge in [0.05, 0.1) is 31.4 Å². The zero-order chi connectivity index (χ0) is 21.0. The van der Waals surface area contributed by atoms with Gasteiger partial charge in [-0.05, 0) is 23.8 Å². The van der Waals surface area contributed by atoms with Crippen LogP contribution in [0, 0.1) is 0 Å². The zero-order valence-electron chi connectivity index (χ0n) is 15.3. The number of likely N-dealkylation sites (tertiary alicyclic amines) is 1. The second-order valence-corrected chi connectivity index (χ2v) is 7.68. The molecule has 0 radical (unpaired) electrons. The van der Waals surface area contributed by atoms with Crippen LogP contribution in [0.15, 0.2) is 58.6 Å². The quantitative estimate of drug-likeness (QED) is 0.274.